The van der Waals surface area contributed by atoms with Gasteiger partial charge in [-0.25, -0.2) is 0 Å². The average Bonchev–Trinajstić information content (AvgIpc) is 2.99. The summed E-state index contributed by atoms with van der Waals surface area (Å²) in [6.45, 7) is 1.85. The highest BCUT2D eigenvalue weighted by atomic mass is 32.1. The molecule has 0 bridgehead atoms. The second kappa shape index (κ2) is 6.31. The van der Waals surface area contributed by atoms with Crippen LogP contribution in [0.3, 0.4) is 0 Å². The Morgan fingerprint density at radius 3 is 2.76 bits per heavy atom. The van der Waals surface area contributed by atoms with Crippen LogP contribution in [0.4, 0.5) is 11.4 Å². The van der Waals surface area contributed by atoms with Crippen molar-refractivity contribution in [3.8, 4) is 0 Å². The Kier molecular flexibility index (Phi) is 4.25. The molecule has 1 aromatic heterocycles. The summed E-state index contributed by atoms with van der Waals surface area (Å²) in [6.07, 6.45) is 4.14. The first-order chi connectivity index (χ1) is 10.3. The number of aryl methyl sites for hydroxylation is 1. The molecular weight excluding hydrogens is 280 g/mol. The summed E-state index contributed by atoms with van der Waals surface area (Å²) in [7, 11) is 0. The number of amides is 1. The lowest BCUT2D eigenvalue weighted by Crippen LogP contribution is -2.15. The summed E-state index contributed by atoms with van der Waals surface area (Å²) >= 11 is 1.86. The Hall–Kier alpha value is -1.81. The molecule has 1 amide bonds. The molecule has 1 heterocycles. The first-order valence-corrected chi connectivity index (χ1v) is 8.37. The monoisotopic (exact) mass is 300 g/mol. The van der Waals surface area contributed by atoms with Crippen LogP contribution in [0.2, 0.25) is 0 Å². The predicted molar refractivity (Wildman–Crippen MR) is 89.0 cm³/mol. The van der Waals surface area contributed by atoms with Crippen molar-refractivity contribution in [2.24, 2.45) is 0 Å². The number of rotatable bonds is 4. The predicted octanol–water partition coefficient (Wildman–Crippen LogP) is 4.59. The standard InChI is InChI=1S/C17H20N2OS/c1-2-17(20)19-13-8-6-12(7-9-13)18-15-4-3-5-16-14(15)10-11-21-16/h6-11,15,18H,2-5H2,1H3,(H,19,20). The number of carbonyl (C=O) groups is 1. The number of fused-ring (bicyclic) bond motifs is 1. The van der Waals surface area contributed by atoms with E-state index in [2.05, 4.69) is 22.1 Å². The molecule has 110 valence electrons. The summed E-state index contributed by atoms with van der Waals surface area (Å²) < 4.78 is 0. The largest absolute Gasteiger partial charge is 0.378 e. The van der Waals surface area contributed by atoms with Gasteiger partial charge in [0.25, 0.3) is 0 Å². The van der Waals surface area contributed by atoms with Crippen LogP contribution < -0.4 is 10.6 Å². The quantitative estimate of drug-likeness (QED) is 0.867. The van der Waals surface area contributed by atoms with Crippen molar-refractivity contribution in [2.75, 3.05) is 10.6 Å². The second-order valence-corrected chi connectivity index (χ2v) is 6.37. The van der Waals surface area contributed by atoms with Crippen molar-refractivity contribution in [3.63, 3.8) is 0 Å². The molecule has 0 saturated heterocycles. The maximum Gasteiger partial charge on any atom is 0.224 e. The zero-order chi connectivity index (χ0) is 14.7. The normalized spacial score (nSPS) is 17.1. The first-order valence-electron chi connectivity index (χ1n) is 7.49. The van der Waals surface area contributed by atoms with E-state index in [1.54, 1.807) is 0 Å². The lowest BCUT2D eigenvalue weighted by molar-refractivity contribution is -0.115. The number of nitrogens with one attached hydrogen (secondary N) is 2. The molecule has 1 atom stereocenters. The number of anilines is 2. The highest BCUT2D eigenvalue weighted by Gasteiger charge is 2.20. The van der Waals surface area contributed by atoms with E-state index >= 15 is 0 Å². The lowest BCUT2D eigenvalue weighted by atomic mass is 9.94. The molecule has 3 nitrogen and oxygen atoms in total. The minimum Gasteiger partial charge on any atom is -0.378 e. The Morgan fingerprint density at radius 1 is 1.24 bits per heavy atom. The summed E-state index contributed by atoms with van der Waals surface area (Å²) in [4.78, 5) is 12.9. The van der Waals surface area contributed by atoms with Crippen molar-refractivity contribution in [2.45, 2.75) is 38.6 Å². The molecule has 0 radical (unpaired) electrons. The molecule has 1 aliphatic carbocycles. The maximum atomic E-state index is 11.4. The van der Waals surface area contributed by atoms with Crippen LogP contribution in [0.5, 0.6) is 0 Å². The van der Waals surface area contributed by atoms with E-state index in [0.717, 1.165) is 11.4 Å². The smallest absolute Gasteiger partial charge is 0.224 e. The van der Waals surface area contributed by atoms with Crippen molar-refractivity contribution < 1.29 is 4.79 Å². The number of hydrogen-bond acceptors (Lipinski definition) is 3. The molecule has 2 aromatic rings. The van der Waals surface area contributed by atoms with Gasteiger partial charge in [-0.3, -0.25) is 4.79 Å². The van der Waals surface area contributed by atoms with E-state index in [4.69, 9.17) is 0 Å². The first kappa shape index (κ1) is 14.1. The van der Waals surface area contributed by atoms with Gasteiger partial charge in [-0.05, 0) is 60.5 Å². The van der Waals surface area contributed by atoms with Crippen molar-refractivity contribution in [3.05, 3.63) is 46.2 Å². The summed E-state index contributed by atoms with van der Waals surface area (Å²) in [5.41, 5.74) is 3.41. The van der Waals surface area contributed by atoms with Gasteiger partial charge in [-0.15, -0.1) is 11.3 Å². The van der Waals surface area contributed by atoms with Gasteiger partial charge in [-0.2, -0.15) is 0 Å². The third kappa shape index (κ3) is 3.27. The van der Waals surface area contributed by atoms with Crippen LogP contribution in [0.15, 0.2) is 35.7 Å². The zero-order valence-corrected chi connectivity index (χ0v) is 13.0. The summed E-state index contributed by atoms with van der Waals surface area (Å²) in [5, 5.41) is 8.67. The summed E-state index contributed by atoms with van der Waals surface area (Å²) in [6, 6.07) is 10.6. The van der Waals surface area contributed by atoms with Gasteiger partial charge in [0, 0.05) is 22.7 Å². The molecule has 1 unspecified atom stereocenters. The van der Waals surface area contributed by atoms with E-state index in [1.807, 2.05) is 42.5 Å². The topological polar surface area (TPSA) is 41.1 Å². The van der Waals surface area contributed by atoms with E-state index < -0.39 is 0 Å². The molecular formula is C17H20N2OS. The number of hydrogen-bond donors (Lipinski definition) is 2. The minimum absolute atomic E-state index is 0.0471. The van der Waals surface area contributed by atoms with Crippen LogP contribution in [-0.4, -0.2) is 5.91 Å². The molecule has 2 N–H and O–H groups in total. The minimum atomic E-state index is 0.0471. The van der Waals surface area contributed by atoms with Crippen LogP contribution in [0.25, 0.3) is 0 Å². The lowest BCUT2D eigenvalue weighted by Gasteiger charge is -2.24. The van der Waals surface area contributed by atoms with E-state index in [1.165, 1.54) is 29.7 Å². The third-order valence-electron chi connectivity index (χ3n) is 3.88. The fourth-order valence-electron chi connectivity index (χ4n) is 2.74. The van der Waals surface area contributed by atoms with Gasteiger partial charge < -0.3 is 10.6 Å². The third-order valence-corrected chi connectivity index (χ3v) is 4.88. The molecule has 1 aromatic carbocycles. The molecule has 0 spiro atoms. The second-order valence-electron chi connectivity index (χ2n) is 5.37. The van der Waals surface area contributed by atoms with Gasteiger partial charge in [0.1, 0.15) is 0 Å². The Balaban J connectivity index is 1.68. The molecule has 1 aliphatic rings. The molecule has 4 heteroatoms. The molecule has 0 saturated carbocycles. The highest BCUT2D eigenvalue weighted by molar-refractivity contribution is 7.10. The summed E-state index contributed by atoms with van der Waals surface area (Å²) in [5.74, 6) is 0.0471. The van der Waals surface area contributed by atoms with E-state index in [0.29, 0.717) is 12.5 Å². The number of benzene rings is 1. The van der Waals surface area contributed by atoms with Gasteiger partial charge in [0.05, 0.1) is 6.04 Å². The Bertz CT molecular complexity index is 618. The van der Waals surface area contributed by atoms with Gasteiger partial charge in [-0.1, -0.05) is 6.92 Å². The molecule has 0 fully saturated rings. The molecule has 0 aliphatic heterocycles. The van der Waals surface area contributed by atoms with E-state index in [-0.39, 0.29) is 5.91 Å². The number of thiophene rings is 1. The Morgan fingerprint density at radius 2 is 2.00 bits per heavy atom. The van der Waals surface area contributed by atoms with Gasteiger partial charge in [0.2, 0.25) is 5.91 Å². The molecule has 3 rings (SSSR count). The molecule has 21 heavy (non-hydrogen) atoms. The van der Waals surface area contributed by atoms with Gasteiger partial charge >= 0.3 is 0 Å². The van der Waals surface area contributed by atoms with E-state index in [9.17, 15) is 4.79 Å². The van der Waals surface area contributed by atoms with Gasteiger partial charge in [0.15, 0.2) is 0 Å². The van der Waals surface area contributed by atoms with Crippen LogP contribution in [0.1, 0.15) is 42.7 Å². The number of carbonyl (C=O) groups excluding carboxylic acids is 1. The fraction of sp³-hybridized carbons (Fsp3) is 0.353. The fourth-order valence-corrected chi connectivity index (χ4v) is 3.72. The average molecular weight is 300 g/mol. The maximum absolute atomic E-state index is 11.4. The van der Waals surface area contributed by atoms with Crippen LogP contribution in [-0.2, 0) is 11.2 Å². The zero-order valence-electron chi connectivity index (χ0n) is 12.2. The van der Waals surface area contributed by atoms with Crippen molar-refractivity contribution in [1.29, 1.82) is 0 Å². The van der Waals surface area contributed by atoms with Crippen molar-refractivity contribution >= 4 is 28.6 Å². The van der Waals surface area contributed by atoms with Crippen LogP contribution >= 0.6 is 11.3 Å². The van der Waals surface area contributed by atoms with Crippen molar-refractivity contribution in [1.82, 2.24) is 0 Å². The SMILES string of the molecule is CCC(=O)Nc1ccc(NC2CCCc3sccc32)cc1. The van der Waals surface area contributed by atoms with Crippen LogP contribution in [0, 0.1) is 0 Å². The highest BCUT2D eigenvalue weighted by Crippen LogP contribution is 2.35. The Labute approximate surface area is 129 Å².